The molecule has 2 aromatic rings. The summed E-state index contributed by atoms with van der Waals surface area (Å²) in [5, 5.41) is 3.63. The van der Waals surface area contributed by atoms with Crippen LogP contribution in [0.25, 0.3) is 0 Å². The second kappa shape index (κ2) is 12.8. The maximum atomic E-state index is 13.8. The number of anilines is 1. The number of amides is 2. The van der Waals surface area contributed by atoms with Crippen LogP contribution in [0.5, 0.6) is 0 Å². The van der Waals surface area contributed by atoms with E-state index in [0.29, 0.717) is 22.7 Å². The SMILES string of the molecule is CCC(C(=O)NC1CCCCC1)N(Cc1ccc(C)cc1)C(=O)CN(c1ccc(Cl)cc1C)S(C)(=O)=O. The van der Waals surface area contributed by atoms with Crippen molar-refractivity contribution in [1.82, 2.24) is 10.2 Å². The van der Waals surface area contributed by atoms with Crippen LogP contribution in [0.15, 0.2) is 42.5 Å². The van der Waals surface area contributed by atoms with Gasteiger partial charge in [0.2, 0.25) is 21.8 Å². The number of aryl methyl sites for hydroxylation is 2. The molecule has 37 heavy (non-hydrogen) atoms. The molecule has 1 atom stereocenters. The van der Waals surface area contributed by atoms with Crippen LogP contribution in [0.2, 0.25) is 5.02 Å². The first-order valence-corrected chi connectivity index (χ1v) is 15.1. The molecule has 0 aliphatic heterocycles. The molecule has 1 aliphatic rings. The molecule has 202 valence electrons. The van der Waals surface area contributed by atoms with Crippen LogP contribution in [-0.2, 0) is 26.2 Å². The summed E-state index contributed by atoms with van der Waals surface area (Å²) in [6, 6.07) is 12.0. The Hall–Kier alpha value is -2.58. The van der Waals surface area contributed by atoms with Crippen molar-refractivity contribution >= 4 is 39.1 Å². The second-order valence-electron chi connectivity index (χ2n) is 9.98. The fourth-order valence-corrected chi connectivity index (χ4v) is 5.98. The lowest BCUT2D eigenvalue weighted by Crippen LogP contribution is -2.54. The Morgan fingerprint density at radius 3 is 2.27 bits per heavy atom. The molecule has 1 fully saturated rings. The van der Waals surface area contributed by atoms with Crippen LogP contribution < -0.4 is 9.62 Å². The van der Waals surface area contributed by atoms with Crippen molar-refractivity contribution < 1.29 is 18.0 Å². The first-order valence-electron chi connectivity index (χ1n) is 12.9. The van der Waals surface area contributed by atoms with Gasteiger partial charge in [0, 0.05) is 17.6 Å². The van der Waals surface area contributed by atoms with Crippen molar-refractivity contribution in [3.63, 3.8) is 0 Å². The van der Waals surface area contributed by atoms with Crippen molar-refractivity contribution in [2.45, 2.75) is 77.9 Å². The lowest BCUT2D eigenvalue weighted by Gasteiger charge is -2.34. The minimum absolute atomic E-state index is 0.107. The monoisotopic (exact) mass is 547 g/mol. The molecule has 2 aromatic carbocycles. The highest BCUT2D eigenvalue weighted by atomic mass is 35.5. The summed E-state index contributed by atoms with van der Waals surface area (Å²) in [5.74, 6) is -0.630. The summed E-state index contributed by atoms with van der Waals surface area (Å²) in [6.45, 7) is 5.39. The highest BCUT2D eigenvalue weighted by molar-refractivity contribution is 7.92. The standard InChI is InChI=1S/C28H38ClN3O4S/c1-5-25(28(34)30-24-9-7-6-8-10-24)31(18-22-13-11-20(2)12-14-22)27(33)19-32(37(4,35)36)26-16-15-23(29)17-21(26)3/h11-17,24-25H,5-10,18-19H2,1-4H3,(H,30,34). The van der Waals surface area contributed by atoms with Crippen molar-refractivity contribution in [1.29, 1.82) is 0 Å². The molecule has 1 N–H and O–H groups in total. The number of hydrogen-bond donors (Lipinski definition) is 1. The Bertz CT molecular complexity index is 1190. The van der Waals surface area contributed by atoms with Gasteiger partial charge in [-0.3, -0.25) is 13.9 Å². The summed E-state index contributed by atoms with van der Waals surface area (Å²) in [7, 11) is -3.79. The Balaban J connectivity index is 1.93. The smallest absolute Gasteiger partial charge is 0.244 e. The molecule has 1 unspecified atom stereocenters. The van der Waals surface area contributed by atoms with Gasteiger partial charge in [0.1, 0.15) is 12.6 Å². The van der Waals surface area contributed by atoms with Gasteiger partial charge in [-0.15, -0.1) is 0 Å². The minimum Gasteiger partial charge on any atom is -0.352 e. The van der Waals surface area contributed by atoms with Gasteiger partial charge in [0.15, 0.2) is 0 Å². The molecule has 0 saturated heterocycles. The van der Waals surface area contributed by atoms with Gasteiger partial charge < -0.3 is 10.2 Å². The van der Waals surface area contributed by atoms with Crippen molar-refractivity contribution in [2.75, 3.05) is 17.1 Å². The van der Waals surface area contributed by atoms with E-state index in [9.17, 15) is 18.0 Å². The summed E-state index contributed by atoms with van der Waals surface area (Å²) >= 11 is 6.08. The van der Waals surface area contributed by atoms with Crippen LogP contribution in [0.4, 0.5) is 5.69 Å². The number of halogens is 1. The molecule has 0 bridgehead atoms. The van der Waals surface area contributed by atoms with Crippen molar-refractivity contribution in [2.24, 2.45) is 0 Å². The number of rotatable bonds is 10. The summed E-state index contributed by atoms with van der Waals surface area (Å²) in [4.78, 5) is 28.8. The predicted molar refractivity (Wildman–Crippen MR) is 149 cm³/mol. The molecule has 7 nitrogen and oxygen atoms in total. The average Bonchev–Trinajstić information content (AvgIpc) is 2.84. The molecule has 1 saturated carbocycles. The highest BCUT2D eigenvalue weighted by Crippen LogP contribution is 2.26. The predicted octanol–water partition coefficient (Wildman–Crippen LogP) is 4.98. The van der Waals surface area contributed by atoms with Crippen LogP contribution in [-0.4, -0.2) is 50.0 Å². The molecular formula is C28H38ClN3O4S. The maximum absolute atomic E-state index is 13.8. The van der Waals surface area contributed by atoms with Crippen molar-refractivity contribution in [3.8, 4) is 0 Å². The molecule has 2 amide bonds. The lowest BCUT2D eigenvalue weighted by molar-refractivity contribution is -0.140. The summed E-state index contributed by atoms with van der Waals surface area (Å²) < 4.78 is 26.7. The quantitative estimate of drug-likeness (QED) is 0.454. The van der Waals surface area contributed by atoms with E-state index in [0.717, 1.165) is 47.4 Å². The number of nitrogens with one attached hydrogen (secondary N) is 1. The fraction of sp³-hybridized carbons (Fsp3) is 0.500. The lowest BCUT2D eigenvalue weighted by atomic mass is 9.95. The molecule has 0 radical (unpaired) electrons. The second-order valence-corrected chi connectivity index (χ2v) is 12.3. The molecule has 9 heteroatoms. The third-order valence-corrected chi connectivity index (χ3v) is 8.28. The zero-order valence-corrected chi connectivity index (χ0v) is 23.7. The first kappa shape index (κ1) is 29.0. The van der Waals surface area contributed by atoms with E-state index in [1.165, 1.54) is 11.3 Å². The third kappa shape index (κ3) is 7.95. The van der Waals surface area contributed by atoms with Crippen molar-refractivity contribution in [3.05, 3.63) is 64.2 Å². The highest BCUT2D eigenvalue weighted by Gasteiger charge is 2.33. The fourth-order valence-electron chi connectivity index (χ4n) is 4.85. The largest absolute Gasteiger partial charge is 0.352 e. The molecule has 1 aliphatic carbocycles. The van der Waals surface area contributed by atoms with Gasteiger partial charge in [0.25, 0.3) is 0 Å². The van der Waals surface area contributed by atoms with Gasteiger partial charge in [-0.25, -0.2) is 8.42 Å². The number of nitrogens with zero attached hydrogens (tertiary/aromatic N) is 2. The van der Waals surface area contributed by atoms with Crippen LogP contribution in [0, 0.1) is 13.8 Å². The molecule has 0 heterocycles. The zero-order valence-electron chi connectivity index (χ0n) is 22.2. The van der Waals surface area contributed by atoms with E-state index in [4.69, 9.17) is 11.6 Å². The Morgan fingerprint density at radius 1 is 1.05 bits per heavy atom. The molecule has 0 aromatic heterocycles. The van der Waals surface area contributed by atoms with E-state index < -0.39 is 28.5 Å². The first-order chi connectivity index (χ1) is 17.5. The third-order valence-electron chi connectivity index (χ3n) is 6.92. The van der Waals surface area contributed by atoms with Gasteiger partial charge >= 0.3 is 0 Å². The number of carbonyl (C=O) groups is 2. The average molecular weight is 548 g/mol. The summed E-state index contributed by atoms with van der Waals surface area (Å²) in [5.41, 5.74) is 2.98. The van der Waals surface area contributed by atoms with Gasteiger partial charge in [-0.2, -0.15) is 0 Å². The minimum atomic E-state index is -3.79. The Kier molecular flexibility index (Phi) is 10.0. The van der Waals surface area contributed by atoms with E-state index in [2.05, 4.69) is 5.32 Å². The number of sulfonamides is 1. The Labute approximate surface area is 226 Å². The van der Waals surface area contributed by atoms with Crippen LogP contribution in [0.1, 0.15) is 62.1 Å². The summed E-state index contributed by atoms with van der Waals surface area (Å²) in [6.07, 6.45) is 6.69. The van der Waals surface area contributed by atoms with E-state index in [1.54, 1.807) is 25.1 Å². The number of carbonyl (C=O) groups excluding carboxylic acids is 2. The molecule has 0 spiro atoms. The number of benzene rings is 2. The maximum Gasteiger partial charge on any atom is 0.244 e. The molecular weight excluding hydrogens is 510 g/mol. The van der Waals surface area contributed by atoms with E-state index in [1.807, 2.05) is 38.1 Å². The number of hydrogen-bond acceptors (Lipinski definition) is 4. The molecule has 3 rings (SSSR count). The van der Waals surface area contributed by atoms with Crippen LogP contribution in [0.3, 0.4) is 0 Å². The Morgan fingerprint density at radius 2 is 1.70 bits per heavy atom. The van der Waals surface area contributed by atoms with Gasteiger partial charge in [-0.1, -0.05) is 67.6 Å². The van der Waals surface area contributed by atoms with E-state index in [-0.39, 0.29) is 18.5 Å². The zero-order chi connectivity index (χ0) is 27.2. The topological polar surface area (TPSA) is 86.8 Å². The van der Waals surface area contributed by atoms with Crippen LogP contribution >= 0.6 is 11.6 Å². The van der Waals surface area contributed by atoms with E-state index >= 15 is 0 Å². The normalized spacial score (nSPS) is 15.2. The van der Waals surface area contributed by atoms with Gasteiger partial charge in [0.05, 0.1) is 11.9 Å². The van der Waals surface area contributed by atoms with Gasteiger partial charge in [-0.05, 0) is 62.4 Å².